The molecular weight excluding hydrogens is 224 g/mol. The first-order valence-corrected chi connectivity index (χ1v) is 5.84. The first-order chi connectivity index (χ1) is 8.08. The molecule has 1 aliphatic rings. The number of carbonyl (C=O) groups excluding carboxylic acids is 1. The second-order valence-electron chi connectivity index (χ2n) is 4.04. The maximum atomic E-state index is 11.8. The Kier molecular flexibility index (Phi) is 4.93. The number of carboxylic acids is 1. The van der Waals surface area contributed by atoms with Crippen LogP contribution in [0.25, 0.3) is 0 Å². The standard InChI is InChI=1S/C11H18N2O4/c1-3-5-7(4-2)12-10(14)9-6-8(11(15)16)13-17-9/h7,9H,3-6H2,1-2H3,(H,12,14)(H,15,16). The highest BCUT2D eigenvalue weighted by Gasteiger charge is 2.32. The normalized spacial score (nSPS) is 20.4. The van der Waals surface area contributed by atoms with Crippen LogP contribution in [-0.4, -0.2) is 34.8 Å². The van der Waals surface area contributed by atoms with E-state index in [1.54, 1.807) is 0 Å². The highest BCUT2D eigenvalue weighted by atomic mass is 16.6. The summed E-state index contributed by atoms with van der Waals surface area (Å²) >= 11 is 0. The van der Waals surface area contributed by atoms with E-state index < -0.39 is 12.1 Å². The number of amides is 1. The van der Waals surface area contributed by atoms with Gasteiger partial charge in [-0.1, -0.05) is 25.4 Å². The smallest absolute Gasteiger partial charge is 0.353 e. The van der Waals surface area contributed by atoms with Crippen LogP contribution in [0.4, 0.5) is 0 Å². The van der Waals surface area contributed by atoms with Gasteiger partial charge in [0.1, 0.15) is 0 Å². The zero-order valence-electron chi connectivity index (χ0n) is 10.1. The van der Waals surface area contributed by atoms with E-state index in [1.165, 1.54) is 0 Å². The number of carboxylic acid groups (broad SMARTS) is 1. The van der Waals surface area contributed by atoms with Crippen molar-refractivity contribution in [3.8, 4) is 0 Å². The minimum atomic E-state index is -1.14. The van der Waals surface area contributed by atoms with Crippen molar-refractivity contribution >= 4 is 17.6 Å². The number of nitrogens with one attached hydrogen (secondary N) is 1. The second-order valence-corrected chi connectivity index (χ2v) is 4.04. The Bertz CT molecular complexity index is 327. The van der Waals surface area contributed by atoms with Crippen molar-refractivity contribution in [3.63, 3.8) is 0 Å². The van der Waals surface area contributed by atoms with Gasteiger partial charge in [-0.25, -0.2) is 4.79 Å². The van der Waals surface area contributed by atoms with E-state index in [4.69, 9.17) is 9.94 Å². The summed E-state index contributed by atoms with van der Waals surface area (Å²) in [5.41, 5.74) is -0.103. The summed E-state index contributed by atoms with van der Waals surface area (Å²) in [6, 6.07) is 0.116. The molecule has 1 rings (SSSR count). The van der Waals surface area contributed by atoms with Crippen LogP contribution in [0.2, 0.25) is 0 Å². The van der Waals surface area contributed by atoms with Gasteiger partial charge >= 0.3 is 5.97 Å². The lowest BCUT2D eigenvalue weighted by molar-refractivity contribution is -0.132. The Morgan fingerprint density at radius 2 is 2.29 bits per heavy atom. The maximum Gasteiger partial charge on any atom is 0.353 e. The molecule has 0 bridgehead atoms. The van der Waals surface area contributed by atoms with Gasteiger partial charge in [0.15, 0.2) is 5.71 Å². The Balaban J connectivity index is 2.43. The zero-order chi connectivity index (χ0) is 12.8. The fourth-order valence-electron chi connectivity index (χ4n) is 1.67. The van der Waals surface area contributed by atoms with Crippen LogP contribution in [0.1, 0.15) is 39.5 Å². The van der Waals surface area contributed by atoms with Gasteiger partial charge in [-0.05, 0) is 12.8 Å². The molecule has 2 unspecified atom stereocenters. The number of hydrogen-bond acceptors (Lipinski definition) is 4. The third kappa shape index (κ3) is 3.72. The minimum absolute atomic E-state index is 0.0315. The predicted molar refractivity (Wildman–Crippen MR) is 61.7 cm³/mol. The summed E-state index contributed by atoms with van der Waals surface area (Å²) in [7, 11) is 0. The second kappa shape index (κ2) is 6.22. The Morgan fingerprint density at radius 1 is 1.59 bits per heavy atom. The van der Waals surface area contributed by atoms with Gasteiger partial charge in [0.05, 0.1) is 0 Å². The Hall–Kier alpha value is -1.59. The predicted octanol–water partition coefficient (Wildman–Crippen LogP) is 0.911. The summed E-state index contributed by atoms with van der Waals surface area (Å²) < 4.78 is 0. The first kappa shape index (κ1) is 13.5. The molecule has 2 N–H and O–H groups in total. The highest BCUT2D eigenvalue weighted by Crippen LogP contribution is 2.12. The van der Waals surface area contributed by atoms with Crippen LogP contribution >= 0.6 is 0 Å². The van der Waals surface area contributed by atoms with Gasteiger partial charge in [-0.3, -0.25) is 4.79 Å². The van der Waals surface area contributed by atoms with Crippen molar-refractivity contribution in [2.75, 3.05) is 0 Å². The highest BCUT2D eigenvalue weighted by molar-refractivity contribution is 6.36. The molecule has 1 heterocycles. The van der Waals surface area contributed by atoms with E-state index in [0.29, 0.717) is 0 Å². The van der Waals surface area contributed by atoms with E-state index in [9.17, 15) is 9.59 Å². The fourth-order valence-corrected chi connectivity index (χ4v) is 1.67. The van der Waals surface area contributed by atoms with E-state index in [2.05, 4.69) is 10.5 Å². The minimum Gasteiger partial charge on any atom is -0.477 e. The van der Waals surface area contributed by atoms with E-state index in [1.807, 2.05) is 13.8 Å². The third-order valence-corrected chi connectivity index (χ3v) is 2.68. The lowest BCUT2D eigenvalue weighted by Crippen LogP contribution is -2.41. The molecule has 1 aliphatic heterocycles. The van der Waals surface area contributed by atoms with Gasteiger partial charge in [0.25, 0.3) is 5.91 Å². The molecule has 0 aromatic heterocycles. The van der Waals surface area contributed by atoms with Crippen molar-refractivity contribution in [2.24, 2.45) is 5.16 Å². The summed E-state index contributed by atoms with van der Waals surface area (Å²) in [5, 5.41) is 14.9. The quantitative estimate of drug-likeness (QED) is 0.724. The van der Waals surface area contributed by atoms with Crippen LogP contribution in [0.15, 0.2) is 5.16 Å². The number of oxime groups is 1. The third-order valence-electron chi connectivity index (χ3n) is 2.68. The molecule has 0 aromatic rings. The summed E-state index contributed by atoms with van der Waals surface area (Å²) in [5.74, 6) is -1.42. The molecule has 0 saturated heterocycles. The Labute approximate surface area is 100 Å². The first-order valence-electron chi connectivity index (χ1n) is 5.84. The lowest BCUT2D eigenvalue weighted by atomic mass is 10.1. The van der Waals surface area contributed by atoms with Crippen LogP contribution < -0.4 is 5.32 Å². The molecule has 0 aliphatic carbocycles. The van der Waals surface area contributed by atoms with Crippen LogP contribution in [-0.2, 0) is 14.4 Å². The largest absolute Gasteiger partial charge is 0.477 e. The van der Waals surface area contributed by atoms with E-state index in [0.717, 1.165) is 19.3 Å². The van der Waals surface area contributed by atoms with Gasteiger partial charge < -0.3 is 15.3 Å². The molecule has 0 aromatic carbocycles. The monoisotopic (exact) mass is 242 g/mol. The number of aliphatic carboxylic acids is 1. The van der Waals surface area contributed by atoms with Gasteiger partial charge in [0, 0.05) is 12.5 Å². The maximum absolute atomic E-state index is 11.8. The number of nitrogens with zero attached hydrogens (tertiary/aromatic N) is 1. The number of carbonyl (C=O) groups is 2. The van der Waals surface area contributed by atoms with Gasteiger partial charge in [0.2, 0.25) is 6.10 Å². The average Bonchev–Trinajstić information content (AvgIpc) is 2.77. The number of hydrogen-bond donors (Lipinski definition) is 2. The molecule has 1 amide bonds. The summed E-state index contributed by atoms with van der Waals surface area (Å²) in [4.78, 5) is 27.2. The van der Waals surface area contributed by atoms with Crippen molar-refractivity contribution < 1.29 is 19.5 Å². The average molecular weight is 242 g/mol. The van der Waals surface area contributed by atoms with E-state index in [-0.39, 0.29) is 24.1 Å². The molecular formula is C11H18N2O4. The van der Waals surface area contributed by atoms with Gasteiger partial charge in [-0.2, -0.15) is 0 Å². The van der Waals surface area contributed by atoms with Crippen LogP contribution in [0.3, 0.4) is 0 Å². The van der Waals surface area contributed by atoms with Crippen LogP contribution in [0, 0.1) is 0 Å². The summed E-state index contributed by atoms with van der Waals surface area (Å²) in [6.07, 6.45) is 1.97. The van der Waals surface area contributed by atoms with Crippen LogP contribution in [0.5, 0.6) is 0 Å². The van der Waals surface area contributed by atoms with Crippen molar-refractivity contribution in [3.05, 3.63) is 0 Å². The molecule has 2 atom stereocenters. The molecule has 0 fully saturated rings. The lowest BCUT2D eigenvalue weighted by Gasteiger charge is -2.17. The summed E-state index contributed by atoms with van der Waals surface area (Å²) in [6.45, 7) is 4.04. The Morgan fingerprint density at radius 3 is 2.76 bits per heavy atom. The zero-order valence-corrected chi connectivity index (χ0v) is 10.1. The van der Waals surface area contributed by atoms with Crippen molar-refractivity contribution in [1.29, 1.82) is 0 Å². The van der Waals surface area contributed by atoms with Gasteiger partial charge in [-0.15, -0.1) is 0 Å². The topological polar surface area (TPSA) is 88.0 Å². The van der Waals surface area contributed by atoms with Crippen molar-refractivity contribution in [1.82, 2.24) is 5.32 Å². The molecule has 17 heavy (non-hydrogen) atoms. The molecule has 6 nitrogen and oxygen atoms in total. The van der Waals surface area contributed by atoms with Crippen molar-refractivity contribution in [2.45, 2.75) is 51.7 Å². The SMILES string of the molecule is CCCC(CC)NC(=O)C1CC(C(=O)O)=NO1. The molecule has 0 spiro atoms. The number of rotatable bonds is 6. The molecule has 0 radical (unpaired) electrons. The fraction of sp³-hybridized carbons (Fsp3) is 0.727. The molecule has 96 valence electrons. The van der Waals surface area contributed by atoms with E-state index >= 15 is 0 Å². The molecule has 6 heteroatoms. The molecule has 0 saturated carbocycles.